The first-order valence-electron chi connectivity index (χ1n) is 10.1. The molecule has 5 nitrogen and oxygen atoms in total. The second-order valence-electron chi connectivity index (χ2n) is 7.94. The smallest absolute Gasteiger partial charge is 0.217 e. The Hall–Kier alpha value is -1.56. The number of nitrogens with one attached hydrogen (secondary N) is 1. The van der Waals surface area contributed by atoms with Crippen molar-refractivity contribution in [3.63, 3.8) is 0 Å². The van der Waals surface area contributed by atoms with Crippen LogP contribution in [0.2, 0.25) is 0 Å². The van der Waals surface area contributed by atoms with Crippen molar-refractivity contribution in [3.8, 4) is 0 Å². The highest BCUT2D eigenvalue weighted by molar-refractivity contribution is 9.10. The number of piperidine rings is 1. The molecule has 1 saturated carbocycles. The van der Waals surface area contributed by atoms with Crippen LogP contribution in [0.15, 0.2) is 33.7 Å². The number of hydrogen-bond acceptors (Lipinski definition) is 2. The maximum atomic E-state index is 11.3. The number of amides is 1. The average Bonchev–Trinajstić information content (AvgIpc) is 2.59. The molecule has 1 aromatic carbocycles. The van der Waals surface area contributed by atoms with Crippen molar-refractivity contribution in [1.29, 1.82) is 0 Å². The summed E-state index contributed by atoms with van der Waals surface area (Å²) in [5.74, 6) is 1.11. The van der Waals surface area contributed by atoms with Crippen molar-refractivity contribution in [2.75, 3.05) is 26.2 Å². The molecule has 1 heterocycles. The standard InChI is InChI=1S/C21H31BrN4O/c1-2-24-20(26-11-4-6-16(14-26)12-19(23)27)25-15-21(9-5-10-21)17-7-3-8-18(22)13-17/h3,7-8,13,16H,2,4-6,9-12,14-15H2,1H3,(H2,23,27)(H,24,25). The normalized spacial score (nSPS) is 22.2. The number of carbonyl (C=O) groups excluding carboxylic acids is 1. The SMILES string of the molecule is CCNC(=NCC1(c2cccc(Br)c2)CCC1)N1CCCC(CC(N)=O)C1. The molecule has 6 heteroatoms. The fourth-order valence-corrected chi connectivity index (χ4v) is 4.72. The topological polar surface area (TPSA) is 70.7 Å². The predicted molar refractivity (Wildman–Crippen MR) is 114 cm³/mol. The highest BCUT2D eigenvalue weighted by Crippen LogP contribution is 2.44. The zero-order valence-electron chi connectivity index (χ0n) is 16.2. The van der Waals surface area contributed by atoms with Crippen LogP contribution in [0.1, 0.15) is 51.0 Å². The highest BCUT2D eigenvalue weighted by atomic mass is 79.9. The van der Waals surface area contributed by atoms with E-state index in [9.17, 15) is 4.79 Å². The summed E-state index contributed by atoms with van der Waals surface area (Å²) in [5, 5.41) is 3.46. The van der Waals surface area contributed by atoms with Gasteiger partial charge in [0.2, 0.25) is 5.91 Å². The Morgan fingerprint density at radius 1 is 1.41 bits per heavy atom. The third kappa shape index (κ3) is 5.03. The molecule has 148 valence electrons. The molecule has 1 aliphatic carbocycles. The molecule has 3 N–H and O–H groups in total. The Morgan fingerprint density at radius 3 is 2.85 bits per heavy atom. The molecule has 0 aromatic heterocycles. The maximum absolute atomic E-state index is 11.3. The van der Waals surface area contributed by atoms with E-state index >= 15 is 0 Å². The average molecular weight is 435 g/mol. The van der Waals surface area contributed by atoms with Gasteiger partial charge < -0.3 is 16.0 Å². The van der Waals surface area contributed by atoms with Crippen molar-refractivity contribution in [3.05, 3.63) is 34.3 Å². The van der Waals surface area contributed by atoms with E-state index < -0.39 is 0 Å². The van der Waals surface area contributed by atoms with Gasteiger partial charge in [-0.25, -0.2) is 0 Å². The summed E-state index contributed by atoms with van der Waals surface area (Å²) >= 11 is 3.61. The van der Waals surface area contributed by atoms with Gasteiger partial charge >= 0.3 is 0 Å². The van der Waals surface area contributed by atoms with Crippen molar-refractivity contribution >= 4 is 27.8 Å². The van der Waals surface area contributed by atoms with Crippen LogP contribution in [-0.2, 0) is 10.2 Å². The Morgan fingerprint density at radius 2 is 2.22 bits per heavy atom. The Kier molecular flexibility index (Phi) is 6.79. The van der Waals surface area contributed by atoms with E-state index in [1.807, 2.05) is 0 Å². The number of likely N-dealkylation sites (tertiary alicyclic amines) is 1. The third-order valence-corrected chi connectivity index (χ3v) is 6.42. The van der Waals surface area contributed by atoms with Gasteiger partial charge in [0.25, 0.3) is 0 Å². The third-order valence-electron chi connectivity index (χ3n) is 5.92. The zero-order chi connectivity index (χ0) is 19.3. The molecule has 1 unspecified atom stereocenters. The quantitative estimate of drug-likeness (QED) is 0.532. The van der Waals surface area contributed by atoms with Gasteiger partial charge in [-0.1, -0.05) is 34.5 Å². The van der Waals surface area contributed by atoms with E-state index in [4.69, 9.17) is 10.7 Å². The molecule has 0 bridgehead atoms. The van der Waals surface area contributed by atoms with Gasteiger partial charge in [-0.3, -0.25) is 9.79 Å². The number of aliphatic imine (C=N–C) groups is 1. The van der Waals surface area contributed by atoms with Crippen molar-refractivity contribution < 1.29 is 4.79 Å². The van der Waals surface area contributed by atoms with Crippen molar-refractivity contribution in [2.45, 2.75) is 50.9 Å². The summed E-state index contributed by atoms with van der Waals surface area (Å²) in [4.78, 5) is 18.7. The lowest BCUT2D eigenvalue weighted by molar-refractivity contribution is -0.119. The molecule has 0 spiro atoms. The Bertz CT molecular complexity index is 687. The number of primary amides is 1. The summed E-state index contributed by atoms with van der Waals surface area (Å²) in [6, 6.07) is 8.67. The van der Waals surface area contributed by atoms with Crippen molar-refractivity contribution in [1.82, 2.24) is 10.2 Å². The van der Waals surface area contributed by atoms with Crippen molar-refractivity contribution in [2.24, 2.45) is 16.6 Å². The van der Waals surface area contributed by atoms with Gasteiger partial charge in [0, 0.05) is 35.9 Å². The number of halogens is 1. The van der Waals surface area contributed by atoms with Crippen LogP contribution in [0, 0.1) is 5.92 Å². The molecular formula is C21H31BrN4O. The van der Waals surface area contributed by atoms with Crippen LogP contribution in [0.5, 0.6) is 0 Å². The predicted octanol–water partition coefficient (Wildman–Crippen LogP) is 3.42. The lowest BCUT2D eigenvalue weighted by Gasteiger charge is -2.42. The number of benzene rings is 1. The van der Waals surface area contributed by atoms with Crippen LogP contribution in [0.25, 0.3) is 0 Å². The number of rotatable bonds is 6. The number of nitrogens with zero attached hydrogens (tertiary/aromatic N) is 2. The summed E-state index contributed by atoms with van der Waals surface area (Å²) in [6.45, 7) is 5.61. The van der Waals surface area contributed by atoms with Crippen LogP contribution in [-0.4, -0.2) is 42.9 Å². The molecule has 2 aliphatic rings. The van der Waals surface area contributed by atoms with E-state index in [1.54, 1.807) is 0 Å². The molecule has 1 amide bonds. The zero-order valence-corrected chi connectivity index (χ0v) is 17.8. The first kappa shape index (κ1) is 20.2. The molecule has 3 rings (SSSR count). The molecule has 27 heavy (non-hydrogen) atoms. The van der Waals surface area contributed by atoms with E-state index in [0.717, 1.165) is 49.5 Å². The van der Waals surface area contributed by atoms with Crippen LogP contribution >= 0.6 is 15.9 Å². The molecule has 1 atom stereocenters. The van der Waals surface area contributed by atoms with E-state index in [0.29, 0.717) is 12.3 Å². The van der Waals surface area contributed by atoms with Gasteiger partial charge in [0.15, 0.2) is 5.96 Å². The lowest BCUT2D eigenvalue weighted by atomic mass is 9.64. The Balaban J connectivity index is 1.74. The summed E-state index contributed by atoms with van der Waals surface area (Å²) in [6.07, 6.45) is 6.27. The molecule has 2 fully saturated rings. The second-order valence-corrected chi connectivity index (χ2v) is 8.85. The van der Waals surface area contributed by atoms with Gasteiger partial charge in [-0.05, 0) is 56.2 Å². The van der Waals surface area contributed by atoms with Crippen LogP contribution < -0.4 is 11.1 Å². The summed E-state index contributed by atoms with van der Waals surface area (Å²) in [7, 11) is 0. The van der Waals surface area contributed by atoms with E-state index in [1.165, 1.54) is 24.8 Å². The van der Waals surface area contributed by atoms with Gasteiger partial charge in [0.05, 0.1) is 6.54 Å². The minimum Gasteiger partial charge on any atom is -0.370 e. The number of carbonyl (C=O) groups is 1. The summed E-state index contributed by atoms with van der Waals surface area (Å²) < 4.78 is 1.13. The fourth-order valence-electron chi connectivity index (χ4n) is 4.32. The molecular weight excluding hydrogens is 404 g/mol. The van der Waals surface area contributed by atoms with Crippen LogP contribution in [0.4, 0.5) is 0 Å². The van der Waals surface area contributed by atoms with E-state index in [-0.39, 0.29) is 11.3 Å². The molecule has 0 radical (unpaired) electrons. The molecule has 1 aliphatic heterocycles. The van der Waals surface area contributed by atoms with Gasteiger partial charge in [-0.2, -0.15) is 0 Å². The number of nitrogens with two attached hydrogens (primary N) is 1. The minimum atomic E-state index is -0.202. The largest absolute Gasteiger partial charge is 0.370 e. The van der Waals surface area contributed by atoms with Gasteiger partial charge in [-0.15, -0.1) is 0 Å². The highest BCUT2D eigenvalue weighted by Gasteiger charge is 2.39. The lowest BCUT2D eigenvalue weighted by Crippen LogP contribution is -2.48. The minimum absolute atomic E-state index is 0.160. The molecule has 1 aromatic rings. The maximum Gasteiger partial charge on any atom is 0.217 e. The fraction of sp³-hybridized carbons (Fsp3) is 0.619. The second kappa shape index (κ2) is 9.09. The Labute approximate surface area is 170 Å². The first-order valence-corrected chi connectivity index (χ1v) is 10.9. The molecule has 1 saturated heterocycles. The monoisotopic (exact) mass is 434 g/mol. The summed E-state index contributed by atoms with van der Waals surface area (Å²) in [5.41, 5.74) is 6.96. The van der Waals surface area contributed by atoms with Gasteiger partial charge in [0.1, 0.15) is 0 Å². The van der Waals surface area contributed by atoms with Crippen LogP contribution in [0.3, 0.4) is 0 Å². The number of guanidine groups is 1. The number of hydrogen-bond donors (Lipinski definition) is 2. The van der Waals surface area contributed by atoms with E-state index in [2.05, 4.69) is 57.3 Å². The first-order chi connectivity index (χ1) is 13.0.